The molecule has 3 heterocycles. The van der Waals surface area contributed by atoms with Crippen molar-refractivity contribution in [2.75, 3.05) is 31.1 Å². The Labute approximate surface area is 160 Å². The van der Waals surface area contributed by atoms with E-state index in [4.69, 9.17) is 0 Å². The van der Waals surface area contributed by atoms with Gasteiger partial charge >= 0.3 is 0 Å². The third-order valence-corrected chi connectivity index (χ3v) is 7.33. The number of thioether (sulfide) groups is 1. The smallest absolute Gasteiger partial charge is 0.223 e. The Hall–Kier alpha value is -1.08. The van der Waals surface area contributed by atoms with Gasteiger partial charge in [0, 0.05) is 56.7 Å². The van der Waals surface area contributed by atoms with Gasteiger partial charge in [0.25, 0.3) is 0 Å². The van der Waals surface area contributed by atoms with Gasteiger partial charge in [0.15, 0.2) is 0 Å². The van der Waals surface area contributed by atoms with Gasteiger partial charge in [-0.3, -0.25) is 9.69 Å². The Morgan fingerprint density at radius 2 is 2.00 bits per heavy atom. The lowest BCUT2D eigenvalue weighted by molar-refractivity contribution is -0.125. The fourth-order valence-electron chi connectivity index (χ4n) is 4.57. The standard InChI is InChI=1S/C19H31N5OS/c25-19(15-4-2-1-3-5-15)20-9-6-17-21-22-18-7-10-23(11-12-24(17)18)16-8-13-26-14-16/h15-16H,1-14H2,(H,20,25). The van der Waals surface area contributed by atoms with E-state index in [1.807, 2.05) is 0 Å². The molecule has 1 saturated heterocycles. The average molecular weight is 378 g/mol. The summed E-state index contributed by atoms with van der Waals surface area (Å²) in [6.45, 7) is 3.85. The number of carbonyl (C=O) groups is 1. The highest BCUT2D eigenvalue weighted by molar-refractivity contribution is 7.99. The molecule has 0 radical (unpaired) electrons. The van der Waals surface area contributed by atoms with Crippen LogP contribution in [-0.2, 0) is 24.2 Å². The number of rotatable bonds is 5. The van der Waals surface area contributed by atoms with Crippen molar-refractivity contribution in [3.63, 3.8) is 0 Å². The van der Waals surface area contributed by atoms with Crippen LogP contribution in [0.4, 0.5) is 0 Å². The second-order valence-corrected chi connectivity index (χ2v) is 9.01. The van der Waals surface area contributed by atoms with Crippen LogP contribution in [0.2, 0.25) is 0 Å². The number of carbonyl (C=O) groups excluding carboxylic acids is 1. The molecule has 1 aliphatic carbocycles. The minimum Gasteiger partial charge on any atom is -0.355 e. The van der Waals surface area contributed by atoms with Gasteiger partial charge in [-0.2, -0.15) is 11.8 Å². The van der Waals surface area contributed by atoms with Crippen molar-refractivity contribution < 1.29 is 4.79 Å². The van der Waals surface area contributed by atoms with Crippen molar-refractivity contribution in [3.05, 3.63) is 11.6 Å². The van der Waals surface area contributed by atoms with E-state index in [1.165, 1.54) is 37.2 Å². The number of nitrogens with one attached hydrogen (secondary N) is 1. The number of nitrogens with zero attached hydrogens (tertiary/aromatic N) is 4. The molecule has 4 rings (SSSR count). The Bertz CT molecular complexity index is 607. The average Bonchev–Trinajstić information content (AvgIpc) is 3.29. The molecule has 1 unspecified atom stereocenters. The zero-order valence-corrected chi connectivity index (χ0v) is 16.5. The maximum atomic E-state index is 12.3. The lowest BCUT2D eigenvalue weighted by Crippen LogP contribution is -2.37. The largest absolute Gasteiger partial charge is 0.355 e. The van der Waals surface area contributed by atoms with Crippen LogP contribution < -0.4 is 5.32 Å². The topological polar surface area (TPSA) is 63.1 Å². The summed E-state index contributed by atoms with van der Waals surface area (Å²) in [7, 11) is 0. The zero-order chi connectivity index (χ0) is 17.8. The first-order valence-corrected chi connectivity index (χ1v) is 11.5. The van der Waals surface area contributed by atoms with Gasteiger partial charge in [-0.05, 0) is 25.0 Å². The molecule has 1 aromatic rings. The fourth-order valence-corrected chi connectivity index (χ4v) is 5.82. The molecule has 0 aromatic carbocycles. The van der Waals surface area contributed by atoms with Gasteiger partial charge in [0.05, 0.1) is 0 Å². The summed E-state index contributed by atoms with van der Waals surface area (Å²) in [5, 5.41) is 12.0. The van der Waals surface area contributed by atoms with E-state index in [-0.39, 0.29) is 11.8 Å². The van der Waals surface area contributed by atoms with Gasteiger partial charge < -0.3 is 9.88 Å². The van der Waals surface area contributed by atoms with Gasteiger partial charge in [-0.1, -0.05) is 19.3 Å². The highest BCUT2D eigenvalue weighted by Crippen LogP contribution is 2.24. The Balaban J connectivity index is 1.28. The maximum absolute atomic E-state index is 12.3. The predicted molar refractivity (Wildman–Crippen MR) is 104 cm³/mol. The van der Waals surface area contributed by atoms with Gasteiger partial charge in [0.2, 0.25) is 5.91 Å². The highest BCUT2D eigenvalue weighted by Gasteiger charge is 2.26. The third-order valence-electron chi connectivity index (χ3n) is 6.18. The monoisotopic (exact) mass is 377 g/mol. The molecule has 6 nitrogen and oxygen atoms in total. The predicted octanol–water partition coefficient (Wildman–Crippen LogP) is 1.88. The normalized spacial score (nSPS) is 25.0. The molecule has 1 aromatic heterocycles. The van der Waals surface area contributed by atoms with Crippen molar-refractivity contribution in [3.8, 4) is 0 Å². The second-order valence-electron chi connectivity index (χ2n) is 7.86. The zero-order valence-electron chi connectivity index (χ0n) is 15.7. The number of hydrogen-bond acceptors (Lipinski definition) is 5. The van der Waals surface area contributed by atoms with Crippen LogP contribution in [-0.4, -0.2) is 62.8 Å². The van der Waals surface area contributed by atoms with Gasteiger partial charge in [0.1, 0.15) is 11.6 Å². The van der Waals surface area contributed by atoms with Gasteiger partial charge in [-0.15, -0.1) is 10.2 Å². The molecule has 144 valence electrons. The molecule has 26 heavy (non-hydrogen) atoms. The van der Waals surface area contributed by atoms with E-state index in [0.29, 0.717) is 6.54 Å². The molecule has 2 fully saturated rings. The van der Waals surface area contributed by atoms with Crippen molar-refractivity contribution in [2.45, 2.75) is 64.0 Å². The van der Waals surface area contributed by atoms with Crippen LogP contribution in [0.5, 0.6) is 0 Å². The molecule has 0 spiro atoms. The van der Waals surface area contributed by atoms with E-state index >= 15 is 0 Å². The van der Waals surface area contributed by atoms with Crippen LogP contribution in [0.15, 0.2) is 0 Å². The molecular weight excluding hydrogens is 346 g/mol. The minimum atomic E-state index is 0.233. The summed E-state index contributed by atoms with van der Waals surface area (Å²) in [6.07, 6.45) is 8.89. The maximum Gasteiger partial charge on any atom is 0.223 e. The Morgan fingerprint density at radius 1 is 1.12 bits per heavy atom. The van der Waals surface area contributed by atoms with Crippen LogP contribution in [0.3, 0.4) is 0 Å². The number of fused-ring (bicyclic) bond motifs is 1. The SMILES string of the molecule is O=C(NCCc1nnc2n1CCN(C1CCSC1)CC2)C1CCCCC1. The van der Waals surface area contributed by atoms with Crippen molar-refractivity contribution in [2.24, 2.45) is 5.92 Å². The molecule has 3 aliphatic rings. The third kappa shape index (κ3) is 4.25. The quantitative estimate of drug-likeness (QED) is 0.849. The molecule has 2 aliphatic heterocycles. The Morgan fingerprint density at radius 3 is 2.81 bits per heavy atom. The first-order valence-electron chi connectivity index (χ1n) is 10.3. The lowest BCUT2D eigenvalue weighted by atomic mass is 9.89. The summed E-state index contributed by atoms with van der Waals surface area (Å²) in [5.41, 5.74) is 0. The van der Waals surface area contributed by atoms with Gasteiger partial charge in [-0.25, -0.2) is 0 Å². The van der Waals surface area contributed by atoms with E-state index in [9.17, 15) is 4.79 Å². The molecule has 1 saturated carbocycles. The summed E-state index contributed by atoms with van der Waals surface area (Å²) >= 11 is 2.08. The molecule has 1 N–H and O–H groups in total. The van der Waals surface area contributed by atoms with Crippen LogP contribution in [0.1, 0.15) is 50.2 Å². The number of hydrogen-bond donors (Lipinski definition) is 1. The van der Waals surface area contributed by atoms with Crippen LogP contribution >= 0.6 is 11.8 Å². The first-order chi connectivity index (χ1) is 12.8. The molecule has 0 bridgehead atoms. The Kier molecular flexibility index (Phi) is 6.15. The van der Waals surface area contributed by atoms with Crippen molar-refractivity contribution in [1.29, 1.82) is 0 Å². The van der Waals surface area contributed by atoms with Crippen molar-refractivity contribution in [1.82, 2.24) is 25.0 Å². The summed E-state index contributed by atoms with van der Waals surface area (Å²) in [5.74, 6) is 5.21. The summed E-state index contributed by atoms with van der Waals surface area (Å²) < 4.78 is 2.30. The van der Waals surface area contributed by atoms with E-state index in [2.05, 4.69) is 36.7 Å². The fraction of sp³-hybridized carbons (Fsp3) is 0.842. The van der Waals surface area contributed by atoms with Crippen molar-refractivity contribution >= 4 is 17.7 Å². The highest BCUT2D eigenvalue weighted by atomic mass is 32.2. The van der Waals surface area contributed by atoms with Crippen LogP contribution in [0.25, 0.3) is 0 Å². The molecule has 7 heteroatoms. The molecule has 1 amide bonds. The minimum absolute atomic E-state index is 0.233. The molecule has 1 atom stereocenters. The first kappa shape index (κ1) is 18.3. The number of aromatic nitrogens is 3. The number of amides is 1. The summed E-state index contributed by atoms with van der Waals surface area (Å²) in [4.78, 5) is 14.9. The lowest BCUT2D eigenvalue weighted by Gasteiger charge is -2.26. The second kappa shape index (κ2) is 8.74. The van der Waals surface area contributed by atoms with E-state index < -0.39 is 0 Å². The summed E-state index contributed by atoms with van der Waals surface area (Å²) in [6, 6.07) is 0.746. The van der Waals surface area contributed by atoms with E-state index in [0.717, 1.165) is 63.0 Å². The molecular formula is C19H31N5OS. The van der Waals surface area contributed by atoms with E-state index in [1.54, 1.807) is 0 Å². The van der Waals surface area contributed by atoms with Crippen LogP contribution in [0, 0.1) is 5.92 Å².